The van der Waals surface area contributed by atoms with E-state index in [0.29, 0.717) is 23.9 Å². The van der Waals surface area contributed by atoms with Gasteiger partial charge in [0.2, 0.25) is 5.82 Å². The monoisotopic (exact) mass is 467 g/mol. The van der Waals surface area contributed by atoms with Crippen molar-refractivity contribution in [3.63, 3.8) is 0 Å². The van der Waals surface area contributed by atoms with E-state index >= 15 is 0 Å². The lowest BCUT2D eigenvalue weighted by Gasteiger charge is -2.15. The van der Waals surface area contributed by atoms with Gasteiger partial charge in [0, 0.05) is 29.5 Å². The number of methoxy groups -OCH3 is 2. The summed E-state index contributed by atoms with van der Waals surface area (Å²) in [6.07, 6.45) is 0.792. The van der Waals surface area contributed by atoms with Crippen LogP contribution in [0.4, 0.5) is 0 Å². The van der Waals surface area contributed by atoms with Gasteiger partial charge in [-0.05, 0) is 28.3 Å². The summed E-state index contributed by atoms with van der Waals surface area (Å²) in [6.45, 7) is 2.48. The van der Waals surface area contributed by atoms with Crippen LogP contribution in [0.25, 0.3) is 33.4 Å². The van der Waals surface area contributed by atoms with Crippen molar-refractivity contribution in [3.8, 4) is 39.8 Å². The standard InChI is InChI=1S/C27H25N5O3/c1-4-19-13-25(26-23(28-19)14-20(33-2)15-24(26)34-3)35-16-17-9-11-18(12-10-17)21-7-5-6-8-22(21)27-29-31-32-30-27/h5-15H,4,16H2,1-3H3,(H,29,30,31,32). The van der Waals surface area contributed by atoms with E-state index in [1.807, 2.05) is 42.5 Å². The van der Waals surface area contributed by atoms with Gasteiger partial charge in [-0.15, -0.1) is 10.2 Å². The third kappa shape index (κ3) is 4.50. The van der Waals surface area contributed by atoms with Gasteiger partial charge in [-0.3, -0.25) is 4.98 Å². The molecule has 3 aromatic carbocycles. The van der Waals surface area contributed by atoms with Crippen molar-refractivity contribution in [2.24, 2.45) is 0 Å². The summed E-state index contributed by atoms with van der Waals surface area (Å²) in [5, 5.41) is 15.3. The van der Waals surface area contributed by atoms with E-state index in [1.54, 1.807) is 14.2 Å². The van der Waals surface area contributed by atoms with Crippen LogP contribution < -0.4 is 14.2 Å². The molecule has 0 fully saturated rings. The normalized spacial score (nSPS) is 10.9. The first kappa shape index (κ1) is 22.3. The van der Waals surface area contributed by atoms with Gasteiger partial charge >= 0.3 is 0 Å². The van der Waals surface area contributed by atoms with Crippen LogP contribution in [0.5, 0.6) is 17.2 Å². The highest BCUT2D eigenvalue weighted by Crippen LogP contribution is 2.38. The van der Waals surface area contributed by atoms with Crippen LogP contribution in [-0.4, -0.2) is 39.8 Å². The second kappa shape index (κ2) is 9.80. The van der Waals surface area contributed by atoms with Gasteiger partial charge in [0.1, 0.15) is 23.9 Å². The SMILES string of the molecule is CCc1cc(OCc2ccc(-c3ccccc3-c3nn[nH]n3)cc2)c2c(OC)cc(OC)cc2n1. The lowest BCUT2D eigenvalue weighted by atomic mass is 9.98. The highest BCUT2D eigenvalue weighted by atomic mass is 16.5. The number of ether oxygens (including phenoxy) is 3. The van der Waals surface area contributed by atoms with Crippen molar-refractivity contribution in [1.82, 2.24) is 25.6 Å². The smallest absolute Gasteiger partial charge is 0.205 e. The minimum absolute atomic E-state index is 0.407. The summed E-state index contributed by atoms with van der Waals surface area (Å²) in [4.78, 5) is 4.74. The molecule has 0 aliphatic rings. The van der Waals surface area contributed by atoms with Gasteiger partial charge in [-0.25, -0.2) is 0 Å². The average molecular weight is 468 g/mol. The molecule has 176 valence electrons. The zero-order chi connectivity index (χ0) is 24.2. The number of nitrogens with zero attached hydrogens (tertiary/aromatic N) is 4. The molecule has 0 atom stereocenters. The summed E-state index contributed by atoms with van der Waals surface area (Å²) in [7, 11) is 3.27. The minimum Gasteiger partial charge on any atom is -0.497 e. The Morgan fingerprint density at radius 3 is 2.34 bits per heavy atom. The van der Waals surface area contributed by atoms with Crippen molar-refractivity contribution in [3.05, 3.63) is 78.0 Å². The van der Waals surface area contributed by atoms with Crippen LogP contribution in [0.2, 0.25) is 0 Å². The summed E-state index contributed by atoms with van der Waals surface area (Å²) in [5.41, 5.74) is 5.78. The molecule has 0 aliphatic carbocycles. The molecule has 5 rings (SSSR count). The Labute approximate surface area is 202 Å². The number of aromatic amines is 1. The lowest BCUT2D eigenvalue weighted by Crippen LogP contribution is -2.00. The van der Waals surface area contributed by atoms with Gasteiger partial charge < -0.3 is 14.2 Å². The zero-order valence-corrected chi connectivity index (χ0v) is 19.8. The van der Waals surface area contributed by atoms with Crippen molar-refractivity contribution in [1.29, 1.82) is 0 Å². The number of aromatic nitrogens is 5. The maximum Gasteiger partial charge on any atom is 0.205 e. The van der Waals surface area contributed by atoms with Crippen LogP contribution in [0.3, 0.4) is 0 Å². The highest BCUT2D eigenvalue weighted by Gasteiger charge is 2.15. The molecule has 0 radical (unpaired) electrons. The van der Waals surface area contributed by atoms with Crippen LogP contribution in [-0.2, 0) is 13.0 Å². The molecule has 0 spiro atoms. The maximum absolute atomic E-state index is 6.30. The fourth-order valence-electron chi connectivity index (χ4n) is 4.04. The van der Waals surface area contributed by atoms with Crippen LogP contribution in [0.15, 0.2) is 66.7 Å². The quantitative estimate of drug-likeness (QED) is 0.333. The predicted octanol–water partition coefficient (Wildman–Crippen LogP) is 5.24. The molecule has 0 saturated carbocycles. The molecule has 5 aromatic rings. The number of hydrogen-bond donors (Lipinski definition) is 1. The van der Waals surface area contributed by atoms with E-state index in [1.165, 1.54) is 0 Å². The first-order valence-electron chi connectivity index (χ1n) is 11.3. The van der Waals surface area contributed by atoms with E-state index in [0.717, 1.165) is 51.0 Å². The molecular weight excluding hydrogens is 442 g/mol. The van der Waals surface area contributed by atoms with Gasteiger partial charge in [-0.2, -0.15) is 5.21 Å². The lowest BCUT2D eigenvalue weighted by molar-refractivity contribution is 0.308. The van der Waals surface area contributed by atoms with Crippen LogP contribution >= 0.6 is 0 Å². The molecule has 0 aliphatic heterocycles. The number of H-pyrrole nitrogens is 1. The van der Waals surface area contributed by atoms with Gasteiger partial charge in [0.05, 0.1) is 25.1 Å². The predicted molar refractivity (Wildman–Crippen MR) is 134 cm³/mol. The average Bonchev–Trinajstić information content (AvgIpc) is 3.46. The molecule has 35 heavy (non-hydrogen) atoms. The Kier molecular flexibility index (Phi) is 6.26. The zero-order valence-electron chi connectivity index (χ0n) is 19.8. The number of fused-ring (bicyclic) bond motifs is 1. The number of rotatable bonds is 8. The number of pyridine rings is 1. The maximum atomic E-state index is 6.30. The molecule has 8 nitrogen and oxygen atoms in total. The van der Waals surface area contributed by atoms with Gasteiger partial charge in [0.15, 0.2) is 0 Å². The molecule has 0 amide bonds. The number of nitrogens with one attached hydrogen (secondary N) is 1. The van der Waals surface area contributed by atoms with Gasteiger partial charge in [0.25, 0.3) is 0 Å². The first-order valence-corrected chi connectivity index (χ1v) is 11.3. The largest absolute Gasteiger partial charge is 0.497 e. The number of hydrogen-bond acceptors (Lipinski definition) is 7. The molecule has 8 heteroatoms. The number of benzene rings is 3. The topological polar surface area (TPSA) is 95.0 Å². The fraction of sp³-hybridized carbons (Fsp3) is 0.185. The minimum atomic E-state index is 0.407. The molecule has 2 heterocycles. The first-order chi connectivity index (χ1) is 17.2. The number of tetrazole rings is 1. The Morgan fingerprint density at radius 1 is 0.857 bits per heavy atom. The third-order valence-corrected chi connectivity index (χ3v) is 5.85. The van der Waals surface area contributed by atoms with Crippen molar-refractivity contribution >= 4 is 10.9 Å². The molecular formula is C27H25N5O3. The van der Waals surface area contributed by atoms with E-state index < -0.39 is 0 Å². The Morgan fingerprint density at radius 2 is 1.66 bits per heavy atom. The van der Waals surface area contributed by atoms with Gasteiger partial charge in [-0.1, -0.05) is 55.5 Å². The van der Waals surface area contributed by atoms with E-state index in [2.05, 4.69) is 51.8 Å². The molecule has 2 aromatic heterocycles. The van der Waals surface area contributed by atoms with Crippen molar-refractivity contribution < 1.29 is 14.2 Å². The van der Waals surface area contributed by atoms with Crippen LogP contribution in [0, 0.1) is 0 Å². The highest BCUT2D eigenvalue weighted by molar-refractivity contribution is 5.92. The van der Waals surface area contributed by atoms with Crippen LogP contribution in [0.1, 0.15) is 18.2 Å². The summed E-state index contributed by atoms with van der Waals surface area (Å²) < 4.78 is 17.3. The second-order valence-corrected chi connectivity index (χ2v) is 7.96. The third-order valence-electron chi connectivity index (χ3n) is 5.85. The molecule has 0 saturated heterocycles. The summed E-state index contributed by atoms with van der Waals surface area (Å²) >= 11 is 0. The Bertz CT molecular complexity index is 1450. The molecule has 1 N–H and O–H groups in total. The fourth-order valence-corrected chi connectivity index (χ4v) is 4.04. The van der Waals surface area contributed by atoms with E-state index in [-0.39, 0.29) is 0 Å². The number of aryl methyl sites for hydroxylation is 1. The summed E-state index contributed by atoms with van der Waals surface area (Å²) in [6, 6.07) is 22.0. The summed E-state index contributed by atoms with van der Waals surface area (Å²) in [5.74, 6) is 2.66. The van der Waals surface area contributed by atoms with Crippen molar-refractivity contribution in [2.45, 2.75) is 20.0 Å². The van der Waals surface area contributed by atoms with E-state index in [9.17, 15) is 0 Å². The molecule has 0 bridgehead atoms. The van der Waals surface area contributed by atoms with Crippen molar-refractivity contribution in [2.75, 3.05) is 14.2 Å². The Balaban J connectivity index is 1.43. The van der Waals surface area contributed by atoms with E-state index in [4.69, 9.17) is 19.2 Å². The Hall–Kier alpha value is -4.46. The second-order valence-electron chi connectivity index (χ2n) is 7.96. The molecule has 0 unspecified atom stereocenters.